The number of aliphatic hydroxyl groups excluding tert-OH is 1. The number of carbonyl (C=O) groups excluding carboxylic acids is 1. The molecule has 3 rings (SSSR count). The quantitative estimate of drug-likeness (QED) is 0.896. The number of hydrogen-bond donors (Lipinski definition) is 2. The van der Waals surface area contributed by atoms with E-state index >= 15 is 0 Å². The number of fused-ring (bicyclic) bond motifs is 1. The highest BCUT2D eigenvalue weighted by molar-refractivity contribution is 5.89. The smallest absolute Gasteiger partial charge is 0.322 e. The molecule has 0 bridgehead atoms. The second kappa shape index (κ2) is 6.98. The number of urea groups is 1. The van der Waals surface area contributed by atoms with Crippen molar-refractivity contribution in [2.75, 3.05) is 26.1 Å². The maximum absolute atomic E-state index is 13.0. The Morgan fingerprint density at radius 3 is 2.44 bits per heavy atom. The number of halogens is 1. The van der Waals surface area contributed by atoms with E-state index in [0.29, 0.717) is 28.3 Å². The molecule has 2 N–H and O–H groups in total. The number of benzene rings is 2. The molecule has 6 nitrogen and oxygen atoms in total. The van der Waals surface area contributed by atoms with Gasteiger partial charge in [-0.2, -0.15) is 0 Å². The third-order valence-corrected chi connectivity index (χ3v) is 4.17. The maximum atomic E-state index is 13.0. The summed E-state index contributed by atoms with van der Waals surface area (Å²) in [5.41, 5.74) is 1.81. The summed E-state index contributed by atoms with van der Waals surface area (Å²) in [5, 5.41) is 13.2. The predicted molar refractivity (Wildman–Crippen MR) is 90.3 cm³/mol. The summed E-state index contributed by atoms with van der Waals surface area (Å²) in [6, 6.07) is 8.58. The summed E-state index contributed by atoms with van der Waals surface area (Å²) in [6.07, 6.45) is -0.896. The molecule has 132 valence electrons. The van der Waals surface area contributed by atoms with Crippen molar-refractivity contribution in [2.24, 2.45) is 0 Å². The van der Waals surface area contributed by atoms with Gasteiger partial charge in [0.15, 0.2) is 0 Å². The van der Waals surface area contributed by atoms with E-state index < -0.39 is 6.10 Å². The number of aliphatic hydroxyl groups is 1. The average Bonchev–Trinajstić information content (AvgIpc) is 2.62. The summed E-state index contributed by atoms with van der Waals surface area (Å²) in [6.45, 7) is 0.378. The number of carbonyl (C=O) groups is 1. The molecule has 0 radical (unpaired) electrons. The van der Waals surface area contributed by atoms with Gasteiger partial charge in [-0.05, 0) is 36.4 Å². The van der Waals surface area contributed by atoms with E-state index in [0.717, 1.165) is 0 Å². The first kappa shape index (κ1) is 17.0. The van der Waals surface area contributed by atoms with Crippen molar-refractivity contribution >= 4 is 11.7 Å². The molecule has 1 aliphatic heterocycles. The molecule has 0 spiro atoms. The Morgan fingerprint density at radius 1 is 1.16 bits per heavy atom. The maximum Gasteiger partial charge on any atom is 0.322 e. The zero-order valence-corrected chi connectivity index (χ0v) is 14.0. The lowest BCUT2D eigenvalue weighted by atomic mass is 9.95. The van der Waals surface area contributed by atoms with Gasteiger partial charge in [0.2, 0.25) is 0 Å². The van der Waals surface area contributed by atoms with Crippen molar-refractivity contribution < 1.29 is 23.8 Å². The lowest BCUT2D eigenvalue weighted by molar-refractivity contribution is 0.105. The minimum Gasteiger partial charge on any atom is -0.496 e. The topological polar surface area (TPSA) is 71.0 Å². The highest BCUT2D eigenvalue weighted by Crippen LogP contribution is 2.39. The molecule has 25 heavy (non-hydrogen) atoms. The average molecular weight is 346 g/mol. The molecule has 1 atom stereocenters. The Morgan fingerprint density at radius 2 is 1.80 bits per heavy atom. The molecule has 0 aliphatic carbocycles. The van der Waals surface area contributed by atoms with Gasteiger partial charge in [0.25, 0.3) is 0 Å². The second-order valence-electron chi connectivity index (χ2n) is 5.70. The first-order valence-electron chi connectivity index (χ1n) is 7.76. The van der Waals surface area contributed by atoms with Crippen LogP contribution in [0.5, 0.6) is 11.5 Å². The highest BCUT2D eigenvalue weighted by atomic mass is 19.1. The fraction of sp³-hybridized carbons (Fsp3) is 0.278. The summed E-state index contributed by atoms with van der Waals surface area (Å²) >= 11 is 0. The van der Waals surface area contributed by atoms with Gasteiger partial charge < -0.3 is 24.8 Å². The van der Waals surface area contributed by atoms with Gasteiger partial charge in [0.1, 0.15) is 23.4 Å². The number of amides is 2. The van der Waals surface area contributed by atoms with Crippen LogP contribution < -0.4 is 14.8 Å². The van der Waals surface area contributed by atoms with Gasteiger partial charge >= 0.3 is 6.03 Å². The summed E-state index contributed by atoms with van der Waals surface area (Å²) in [4.78, 5) is 14.0. The van der Waals surface area contributed by atoms with Gasteiger partial charge in [-0.15, -0.1) is 0 Å². The van der Waals surface area contributed by atoms with Crippen molar-refractivity contribution in [1.82, 2.24) is 4.90 Å². The van der Waals surface area contributed by atoms with Crippen molar-refractivity contribution in [3.63, 3.8) is 0 Å². The Labute approximate surface area is 144 Å². The molecular formula is C18H19FN2O4. The van der Waals surface area contributed by atoms with Crippen molar-refractivity contribution in [2.45, 2.75) is 12.6 Å². The predicted octanol–water partition coefficient (Wildman–Crippen LogP) is 2.92. The van der Waals surface area contributed by atoms with Crippen LogP contribution in [0.15, 0.2) is 36.4 Å². The van der Waals surface area contributed by atoms with E-state index in [1.165, 1.54) is 43.4 Å². The highest BCUT2D eigenvalue weighted by Gasteiger charge is 2.31. The molecule has 2 aromatic rings. The van der Waals surface area contributed by atoms with E-state index in [1.54, 1.807) is 12.1 Å². The largest absolute Gasteiger partial charge is 0.496 e. The summed E-state index contributed by atoms with van der Waals surface area (Å²) in [7, 11) is 3.06. The number of nitrogens with zero attached hydrogens (tertiary/aromatic N) is 1. The van der Waals surface area contributed by atoms with Gasteiger partial charge in [-0.25, -0.2) is 9.18 Å². The van der Waals surface area contributed by atoms with Crippen LogP contribution >= 0.6 is 0 Å². The molecule has 0 fully saturated rings. The minimum atomic E-state index is -0.896. The Balaban J connectivity index is 1.85. The molecule has 2 aromatic carbocycles. The number of rotatable bonds is 3. The Bertz CT molecular complexity index is 779. The third kappa shape index (κ3) is 3.36. The molecular weight excluding hydrogens is 327 g/mol. The number of hydrogen-bond acceptors (Lipinski definition) is 4. The summed E-state index contributed by atoms with van der Waals surface area (Å²) < 4.78 is 23.6. The zero-order chi connectivity index (χ0) is 18.0. The van der Waals surface area contributed by atoms with Crippen LogP contribution in [-0.4, -0.2) is 36.8 Å². The summed E-state index contributed by atoms with van der Waals surface area (Å²) in [5.74, 6) is 0.758. The van der Waals surface area contributed by atoms with Crippen LogP contribution in [0.4, 0.5) is 14.9 Å². The minimum absolute atomic E-state index is 0.115. The molecule has 2 amide bonds. The van der Waals surface area contributed by atoms with Crippen LogP contribution in [0.1, 0.15) is 17.2 Å². The van der Waals surface area contributed by atoms with E-state index in [-0.39, 0.29) is 24.9 Å². The number of nitrogens with one attached hydrogen (secondary N) is 1. The number of ether oxygens (including phenoxy) is 2. The van der Waals surface area contributed by atoms with Crippen LogP contribution in [0.25, 0.3) is 0 Å². The Kier molecular flexibility index (Phi) is 4.76. The molecule has 0 unspecified atom stereocenters. The second-order valence-corrected chi connectivity index (χ2v) is 5.70. The van der Waals surface area contributed by atoms with Crippen molar-refractivity contribution in [3.05, 3.63) is 53.3 Å². The molecule has 0 saturated carbocycles. The van der Waals surface area contributed by atoms with Crippen LogP contribution in [-0.2, 0) is 6.54 Å². The first-order chi connectivity index (χ1) is 12.0. The third-order valence-electron chi connectivity index (χ3n) is 4.17. The fourth-order valence-electron chi connectivity index (χ4n) is 2.97. The molecule has 0 aromatic heterocycles. The first-order valence-corrected chi connectivity index (χ1v) is 7.76. The number of methoxy groups -OCH3 is 2. The zero-order valence-electron chi connectivity index (χ0n) is 14.0. The molecule has 1 aliphatic rings. The Hall–Kier alpha value is -2.80. The van der Waals surface area contributed by atoms with Gasteiger partial charge in [-0.3, -0.25) is 0 Å². The normalized spacial score (nSPS) is 16.2. The van der Waals surface area contributed by atoms with Crippen molar-refractivity contribution in [1.29, 1.82) is 0 Å². The van der Waals surface area contributed by atoms with Gasteiger partial charge in [0.05, 0.1) is 27.3 Å². The molecule has 7 heteroatoms. The van der Waals surface area contributed by atoms with E-state index in [4.69, 9.17) is 9.47 Å². The van der Waals surface area contributed by atoms with Crippen LogP contribution in [0, 0.1) is 5.82 Å². The molecule has 0 saturated heterocycles. The lowest BCUT2D eigenvalue weighted by Gasteiger charge is -2.34. The fourth-order valence-corrected chi connectivity index (χ4v) is 2.97. The lowest BCUT2D eigenvalue weighted by Crippen LogP contribution is -2.41. The van der Waals surface area contributed by atoms with Crippen LogP contribution in [0.3, 0.4) is 0 Å². The van der Waals surface area contributed by atoms with Crippen molar-refractivity contribution in [3.8, 4) is 11.5 Å². The van der Waals surface area contributed by atoms with E-state index in [2.05, 4.69) is 5.32 Å². The van der Waals surface area contributed by atoms with Crippen LogP contribution in [0.2, 0.25) is 0 Å². The van der Waals surface area contributed by atoms with Gasteiger partial charge in [0, 0.05) is 16.8 Å². The standard InChI is InChI=1S/C18H19FN2O4/c1-24-15-7-8-16(25-2)17-13(15)9-21(10-14(17)22)18(23)20-12-5-3-11(19)4-6-12/h3-8,14,22H,9-10H2,1-2H3,(H,20,23)/t14-/m1/s1. The van der Waals surface area contributed by atoms with E-state index in [1.807, 2.05) is 0 Å². The molecule has 1 heterocycles. The van der Waals surface area contributed by atoms with Gasteiger partial charge in [-0.1, -0.05) is 0 Å². The monoisotopic (exact) mass is 346 g/mol. The number of anilines is 1. The number of β-amino-alcohol motifs (C(OH)–C–C–N with tert-alkyl or cyclic N) is 1. The van der Waals surface area contributed by atoms with E-state index in [9.17, 15) is 14.3 Å². The SMILES string of the molecule is COc1ccc(OC)c2c1CN(C(=O)Nc1ccc(F)cc1)C[C@H]2O.